The van der Waals surface area contributed by atoms with Crippen LogP contribution >= 0.6 is 0 Å². The van der Waals surface area contributed by atoms with Gasteiger partial charge in [0.25, 0.3) is 5.91 Å². The van der Waals surface area contributed by atoms with E-state index in [9.17, 15) is 4.79 Å². The van der Waals surface area contributed by atoms with E-state index in [1.54, 1.807) is 0 Å². The summed E-state index contributed by atoms with van der Waals surface area (Å²) < 4.78 is 0. The van der Waals surface area contributed by atoms with Crippen molar-refractivity contribution < 1.29 is 4.79 Å². The zero-order valence-corrected chi connectivity index (χ0v) is 12.5. The van der Waals surface area contributed by atoms with Gasteiger partial charge in [0.15, 0.2) is 0 Å². The van der Waals surface area contributed by atoms with Gasteiger partial charge in [-0.15, -0.1) is 0 Å². The van der Waals surface area contributed by atoms with Crippen LogP contribution in [0, 0.1) is 5.41 Å². The molecule has 1 fully saturated rings. The van der Waals surface area contributed by atoms with Crippen LogP contribution in [0.2, 0.25) is 0 Å². The SMILES string of the molecule is CC1(C)CCCN(C(=O)c2cccc3c2CCNC3)C1. The number of carbonyl (C=O) groups excluding carboxylic acids is 1. The minimum Gasteiger partial charge on any atom is -0.338 e. The predicted molar refractivity (Wildman–Crippen MR) is 80.8 cm³/mol. The van der Waals surface area contributed by atoms with Gasteiger partial charge in [-0.05, 0) is 48.4 Å². The number of hydrogen-bond donors (Lipinski definition) is 1. The van der Waals surface area contributed by atoms with Gasteiger partial charge < -0.3 is 10.2 Å². The van der Waals surface area contributed by atoms with Crippen molar-refractivity contribution in [2.45, 2.75) is 39.7 Å². The molecule has 0 aromatic heterocycles. The number of piperidine rings is 1. The highest BCUT2D eigenvalue weighted by molar-refractivity contribution is 5.96. The number of carbonyl (C=O) groups is 1. The van der Waals surface area contributed by atoms with Crippen LogP contribution in [0.3, 0.4) is 0 Å². The zero-order chi connectivity index (χ0) is 14.2. The maximum Gasteiger partial charge on any atom is 0.254 e. The van der Waals surface area contributed by atoms with Gasteiger partial charge in [0.05, 0.1) is 0 Å². The number of likely N-dealkylation sites (tertiary alicyclic amines) is 1. The van der Waals surface area contributed by atoms with Crippen molar-refractivity contribution in [1.29, 1.82) is 0 Å². The van der Waals surface area contributed by atoms with E-state index in [0.29, 0.717) is 0 Å². The molecule has 2 aliphatic rings. The molecule has 0 saturated carbocycles. The summed E-state index contributed by atoms with van der Waals surface area (Å²) in [6, 6.07) is 6.17. The number of nitrogens with zero attached hydrogens (tertiary/aromatic N) is 1. The smallest absolute Gasteiger partial charge is 0.254 e. The number of nitrogens with one attached hydrogen (secondary N) is 1. The van der Waals surface area contributed by atoms with Crippen molar-refractivity contribution in [1.82, 2.24) is 10.2 Å². The molecule has 1 saturated heterocycles. The van der Waals surface area contributed by atoms with Crippen LogP contribution in [0.5, 0.6) is 0 Å². The van der Waals surface area contributed by atoms with E-state index in [1.807, 2.05) is 12.1 Å². The van der Waals surface area contributed by atoms with Gasteiger partial charge in [-0.1, -0.05) is 26.0 Å². The Morgan fingerprint density at radius 1 is 1.35 bits per heavy atom. The minimum absolute atomic E-state index is 0.233. The summed E-state index contributed by atoms with van der Waals surface area (Å²) >= 11 is 0. The van der Waals surface area contributed by atoms with Crippen molar-refractivity contribution in [2.24, 2.45) is 5.41 Å². The van der Waals surface area contributed by atoms with Crippen LogP contribution < -0.4 is 5.32 Å². The van der Waals surface area contributed by atoms with E-state index >= 15 is 0 Å². The fourth-order valence-electron chi connectivity index (χ4n) is 3.50. The molecule has 3 rings (SSSR count). The molecular formula is C17H24N2O. The van der Waals surface area contributed by atoms with Gasteiger partial charge in [0.2, 0.25) is 0 Å². The van der Waals surface area contributed by atoms with E-state index in [0.717, 1.165) is 44.6 Å². The third-order valence-corrected chi connectivity index (χ3v) is 4.56. The Morgan fingerprint density at radius 3 is 3.00 bits per heavy atom. The minimum atomic E-state index is 0.233. The zero-order valence-electron chi connectivity index (χ0n) is 12.5. The van der Waals surface area contributed by atoms with E-state index in [2.05, 4.69) is 30.1 Å². The molecule has 0 spiro atoms. The quantitative estimate of drug-likeness (QED) is 0.852. The molecule has 108 valence electrons. The normalized spacial score (nSPS) is 21.4. The molecule has 0 atom stereocenters. The standard InChI is InChI=1S/C17H24N2O/c1-17(2)8-4-10-19(12-17)16(20)15-6-3-5-13-11-18-9-7-14(13)15/h3,5-6,18H,4,7-12H2,1-2H3. The third kappa shape index (κ3) is 2.59. The number of benzene rings is 1. The van der Waals surface area contributed by atoms with Crippen LogP contribution in [0.25, 0.3) is 0 Å². The van der Waals surface area contributed by atoms with Crippen molar-refractivity contribution in [3.63, 3.8) is 0 Å². The molecule has 1 aromatic rings. The molecule has 3 heteroatoms. The lowest BCUT2D eigenvalue weighted by Gasteiger charge is -2.38. The maximum absolute atomic E-state index is 12.9. The first kappa shape index (κ1) is 13.6. The molecule has 3 nitrogen and oxygen atoms in total. The molecular weight excluding hydrogens is 248 g/mol. The molecule has 20 heavy (non-hydrogen) atoms. The van der Waals surface area contributed by atoms with Crippen LogP contribution in [0.1, 0.15) is 48.2 Å². The summed E-state index contributed by atoms with van der Waals surface area (Å²) in [6.45, 7) is 8.18. The third-order valence-electron chi connectivity index (χ3n) is 4.56. The molecule has 0 radical (unpaired) electrons. The summed E-state index contributed by atoms with van der Waals surface area (Å²) in [5, 5.41) is 3.37. The Labute approximate surface area is 121 Å². The van der Waals surface area contributed by atoms with E-state index < -0.39 is 0 Å². The summed E-state index contributed by atoms with van der Waals surface area (Å²) in [5.74, 6) is 0.233. The molecule has 0 bridgehead atoms. The summed E-state index contributed by atoms with van der Waals surface area (Å²) in [4.78, 5) is 14.9. The lowest BCUT2D eigenvalue weighted by Crippen LogP contribution is -2.44. The second-order valence-corrected chi connectivity index (χ2v) is 6.86. The molecule has 0 unspecified atom stereocenters. The molecule has 1 amide bonds. The average molecular weight is 272 g/mol. The van der Waals surface area contributed by atoms with Crippen molar-refractivity contribution in [3.8, 4) is 0 Å². The van der Waals surface area contributed by atoms with Gasteiger partial charge in [-0.25, -0.2) is 0 Å². The second kappa shape index (κ2) is 5.21. The van der Waals surface area contributed by atoms with Crippen LogP contribution in [-0.4, -0.2) is 30.4 Å². The van der Waals surface area contributed by atoms with Gasteiger partial charge >= 0.3 is 0 Å². The second-order valence-electron chi connectivity index (χ2n) is 6.86. The number of rotatable bonds is 1. The Kier molecular flexibility index (Phi) is 3.55. The number of amides is 1. The first-order chi connectivity index (χ1) is 9.57. The molecule has 0 aliphatic carbocycles. The van der Waals surface area contributed by atoms with Gasteiger partial charge in [0, 0.05) is 25.2 Å². The van der Waals surface area contributed by atoms with Gasteiger partial charge in [-0.2, -0.15) is 0 Å². The van der Waals surface area contributed by atoms with Crippen molar-refractivity contribution >= 4 is 5.91 Å². The lowest BCUT2D eigenvalue weighted by molar-refractivity contribution is 0.0582. The largest absolute Gasteiger partial charge is 0.338 e. The number of fused-ring (bicyclic) bond motifs is 1. The highest BCUT2D eigenvalue weighted by Gasteiger charge is 2.30. The highest BCUT2D eigenvalue weighted by atomic mass is 16.2. The molecule has 2 aliphatic heterocycles. The lowest BCUT2D eigenvalue weighted by atomic mass is 9.83. The molecule has 2 heterocycles. The summed E-state index contributed by atoms with van der Waals surface area (Å²) in [5.41, 5.74) is 3.74. The Hall–Kier alpha value is -1.35. The maximum atomic E-state index is 12.9. The Balaban J connectivity index is 1.87. The summed E-state index contributed by atoms with van der Waals surface area (Å²) in [7, 11) is 0. The first-order valence-electron chi connectivity index (χ1n) is 7.68. The van der Waals surface area contributed by atoms with E-state index in [1.165, 1.54) is 17.5 Å². The average Bonchev–Trinajstić information content (AvgIpc) is 2.45. The number of hydrogen-bond acceptors (Lipinski definition) is 2. The van der Waals surface area contributed by atoms with Gasteiger partial charge in [-0.3, -0.25) is 4.79 Å². The van der Waals surface area contributed by atoms with Crippen LogP contribution in [-0.2, 0) is 13.0 Å². The Morgan fingerprint density at radius 2 is 2.20 bits per heavy atom. The molecule has 1 N–H and O–H groups in total. The van der Waals surface area contributed by atoms with Crippen LogP contribution in [0.15, 0.2) is 18.2 Å². The fourth-order valence-corrected chi connectivity index (χ4v) is 3.50. The predicted octanol–water partition coefficient (Wildman–Crippen LogP) is 2.59. The highest BCUT2D eigenvalue weighted by Crippen LogP contribution is 2.30. The topological polar surface area (TPSA) is 32.3 Å². The van der Waals surface area contributed by atoms with Crippen LogP contribution in [0.4, 0.5) is 0 Å². The first-order valence-corrected chi connectivity index (χ1v) is 7.68. The van der Waals surface area contributed by atoms with Gasteiger partial charge in [0.1, 0.15) is 0 Å². The fraction of sp³-hybridized carbons (Fsp3) is 0.588. The van der Waals surface area contributed by atoms with E-state index in [-0.39, 0.29) is 11.3 Å². The Bertz CT molecular complexity index is 522. The van der Waals surface area contributed by atoms with E-state index in [4.69, 9.17) is 0 Å². The van der Waals surface area contributed by atoms with Crippen molar-refractivity contribution in [2.75, 3.05) is 19.6 Å². The summed E-state index contributed by atoms with van der Waals surface area (Å²) in [6.07, 6.45) is 3.30. The molecule has 1 aromatic carbocycles. The van der Waals surface area contributed by atoms with Crippen molar-refractivity contribution in [3.05, 3.63) is 34.9 Å². The monoisotopic (exact) mass is 272 g/mol.